The molecule has 21 heavy (non-hydrogen) atoms. The molecule has 1 N–H and O–H groups in total. The van der Waals surface area contributed by atoms with E-state index in [0.29, 0.717) is 6.04 Å². The Hall–Kier alpha value is -1.41. The molecule has 0 atom stereocenters. The van der Waals surface area contributed by atoms with Gasteiger partial charge in [-0.05, 0) is 36.2 Å². The fraction of sp³-hybridized carbons (Fsp3) is 0.692. The molecule has 0 aromatic carbocycles. The molecule has 7 nitrogen and oxygen atoms in total. The van der Waals surface area contributed by atoms with Crippen LogP contribution in [-0.4, -0.2) is 42.8 Å². The number of hydrogen-bond donors (Lipinski definition) is 1. The van der Waals surface area contributed by atoms with Crippen molar-refractivity contribution < 1.29 is 0 Å². The average molecular weight is 307 g/mol. The van der Waals surface area contributed by atoms with Crippen molar-refractivity contribution in [3.05, 3.63) is 18.2 Å². The Labute approximate surface area is 128 Å². The minimum absolute atomic E-state index is 0.664. The zero-order valence-corrected chi connectivity index (χ0v) is 13.1. The molecule has 1 aliphatic carbocycles. The molecule has 0 aliphatic heterocycles. The predicted molar refractivity (Wildman–Crippen MR) is 81.0 cm³/mol. The van der Waals surface area contributed by atoms with Crippen LogP contribution in [0.15, 0.2) is 17.7 Å². The van der Waals surface area contributed by atoms with Gasteiger partial charge in [-0.15, -0.1) is 5.10 Å². The van der Waals surface area contributed by atoms with E-state index in [1.165, 1.54) is 18.5 Å². The van der Waals surface area contributed by atoms with Gasteiger partial charge in [-0.1, -0.05) is 18.7 Å². The third-order valence-corrected chi connectivity index (χ3v) is 4.45. The van der Waals surface area contributed by atoms with Crippen molar-refractivity contribution in [3.63, 3.8) is 0 Å². The quantitative estimate of drug-likeness (QED) is 0.559. The topological polar surface area (TPSA) is 73.5 Å². The van der Waals surface area contributed by atoms with E-state index in [-0.39, 0.29) is 0 Å². The maximum atomic E-state index is 4.26. The highest BCUT2D eigenvalue weighted by Gasteiger charge is 2.25. The first-order valence-corrected chi connectivity index (χ1v) is 8.47. The third kappa shape index (κ3) is 3.82. The lowest BCUT2D eigenvalue weighted by atomic mass is 10.5. The average Bonchev–Trinajstić information content (AvgIpc) is 3.07. The number of imidazole rings is 1. The maximum Gasteiger partial charge on any atom is 0.209 e. The van der Waals surface area contributed by atoms with Crippen molar-refractivity contribution in [2.75, 3.05) is 13.1 Å². The minimum atomic E-state index is 0.664. The second kappa shape index (κ2) is 7.04. The van der Waals surface area contributed by atoms with Crippen molar-refractivity contribution in [1.29, 1.82) is 0 Å². The van der Waals surface area contributed by atoms with Crippen LogP contribution in [0.4, 0.5) is 0 Å². The molecular weight excluding hydrogens is 286 g/mol. The number of hydrogen-bond acceptors (Lipinski definition) is 6. The zero-order valence-electron chi connectivity index (χ0n) is 12.3. The normalized spacial score (nSPS) is 14.7. The number of rotatable bonds is 9. The first-order valence-electron chi connectivity index (χ1n) is 7.49. The van der Waals surface area contributed by atoms with Crippen LogP contribution in [0.5, 0.6) is 0 Å². The molecule has 1 aliphatic rings. The van der Waals surface area contributed by atoms with Gasteiger partial charge in [-0.2, -0.15) is 0 Å². The van der Waals surface area contributed by atoms with Crippen LogP contribution < -0.4 is 5.32 Å². The second-order valence-electron chi connectivity index (χ2n) is 5.25. The van der Waals surface area contributed by atoms with E-state index in [1.807, 2.05) is 17.2 Å². The van der Waals surface area contributed by atoms with Crippen molar-refractivity contribution in [2.45, 2.75) is 49.7 Å². The van der Waals surface area contributed by atoms with Crippen molar-refractivity contribution >= 4 is 11.8 Å². The molecular formula is C13H21N7S. The van der Waals surface area contributed by atoms with E-state index >= 15 is 0 Å². The van der Waals surface area contributed by atoms with Gasteiger partial charge < -0.3 is 9.88 Å². The van der Waals surface area contributed by atoms with Crippen LogP contribution in [0, 0.1) is 0 Å². The molecule has 8 heteroatoms. The van der Waals surface area contributed by atoms with E-state index in [0.717, 1.165) is 37.0 Å². The summed E-state index contributed by atoms with van der Waals surface area (Å²) in [5, 5.41) is 16.2. The lowest BCUT2D eigenvalue weighted by Gasteiger charge is -2.07. The second-order valence-corrected chi connectivity index (χ2v) is 6.19. The third-order valence-electron chi connectivity index (χ3n) is 3.46. The fourth-order valence-electron chi connectivity index (χ4n) is 2.19. The van der Waals surface area contributed by atoms with Crippen molar-refractivity contribution in [3.8, 4) is 0 Å². The summed E-state index contributed by atoms with van der Waals surface area (Å²) in [6.45, 7) is 4.89. The first kappa shape index (κ1) is 14.5. The predicted octanol–water partition coefficient (Wildman–Crippen LogP) is 1.50. The number of thioether (sulfide) groups is 1. The number of tetrazole rings is 1. The van der Waals surface area contributed by atoms with Gasteiger partial charge in [0.25, 0.3) is 0 Å². The van der Waals surface area contributed by atoms with Gasteiger partial charge in [0.2, 0.25) is 5.16 Å². The highest BCUT2D eigenvalue weighted by molar-refractivity contribution is 7.98. The Balaban J connectivity index is 1.53. The summed E-state index contributed by atoms with van der Waals surface area (Å²) in [6, 6.07) is 0.664. The molecule has 2 aromatic rings. The zero-order chi connectivity index (χ0) is 14.5. The standard InChI is InChI=1S/C13H21N7S/c1-2-5-14-6-7-20-13(16-17-18-20)21-9-12-8-15-10-19(12)11-3-4-11/h8,10-11,14H,2-7,9H2,1H3. The lowest BCUT2D eigenvalue weighted by molar-refractivity contribution is 0.510. The summed E-state index contributed by atoms with van der Waals surface area (Å²) >= 11 is 1.67. The van der Waals surface area contributed by atoms with Crippen LogP contribution in [0.2, 0.25) is 0 Å². The van der Waals surface area contributed by atoms with E-state index in [4.69, 9.17) is 0 Å². The number of nitrogens with zero attached hydrogens (tertiary/aromatic N) is 6. The molecule has 1 saturated carbocycles. The van der Waals surface area contributed by atoms with Gasteiger partial charge >= 0.3 is 0 Å². The Kier molecular flexibility index (Phi) is 4.87. The SMILES string of the molecule is CCCNCCn1nnnc1SCc1cncn1C1CC1. The fourth-order valence-corrected chi connectivity index (χ4v) is 3.06. The summed E-state index contributed by atoms with van der Waals surface area (Å²) in [6.07, 6.45) is 7.57. The molecule has 0 unspecified atom stereocenters. The molecule has 1 fully saturated rings. The Bertz CT molecular complexity index is 560. The Morgan fingerprint density at radius 3 is 3.10 bits per heavy atom. The van der Waals surface area contributed by atoms with Crippen LogP contribution in [0.3, 0.4) is 0 Å². The lowest BCUT2D eigenvalue weighted by Crippen LogP contribution is -2.21. The van der Waals surface area contributed by atoms with Gasteiger partial charge in [0.05, 0.1) is 12.9 Å². The molecule has 0 bridgehead atoms. The Morgan fingerprint density at radius 2 is 2.29 bits per heavy atom. The highest BCUT2D eigenvalue weighted by Crippen LogP contribution is 2.36. The Morgan fingerprint density at radius 1 is 1.38 bits per heavy atom. The number of nitrogens with one attached hydrogen (secondary N) is 1. The molecule has 2 aromatic heterocycles. The molecule has 0 spiro atoms. The summed E-state index contributed by atoms with van der Waals surface area (Å²) < 4.78 is 4.15. The van der Waals surface area contributed by atoms with Crippen molar-refractivity contribution in [2.24, 2.45) is 0 Å². The molecule has 114 valence electrons. The molecule has 3 rings (SSSR count). The van der Waals surface area contributed by atoms with Gasteiger partial charge in [0.15, 0.2) is 0 Å². The smallest absolute Gasteiger partial charge is 0.209 e. The van der Waals surface area contributed by atoms with E-state index in [1.54, 1.807) is 11.8 Å². The van der Waals surface area contributed by atoms with E-state index in [2.05, 4.69) is 37.3 Å². The van der Waals surface area contributed by atoms with Crippen LogP contribution in [0.25, 0.3) is 0 Å². The summed E-state index contributed by atoms with van der Waals surface area (Å²) in [5.41, 5.74) is 1.25. The summed E-state index contributed by atoms with van der Waals surface area (Å²) in [4.78, 5) is 4.26. The van der Waals surface area contributed by atoms with Crippen LogP contribution >= 0.6 is 11.8 Å². The highest BCUT2D eigenvalue weighted by atomic mass is 32.2. The van der Waals surface area contributed by atoms with Gasteiger partial charge in [-0.25, -0.2) is 9.67 Å². The molecule has 0 saturated heterocycles. The first-order chi connectivity index (χ1) is 10.4. The van der Waals surface area contributed by atoms with Crippen LogP contribution in [-0.2, 0) is 12.3 Å². The van der Waals surface area contributed by atoms with E-state index < -0.39 is 0 Å². The maximum absolute atomic E-state index is 4.26. The number of aromatic nitrogens is 6. The molecule has 2 heterocycles. The van der Waals surface area contributed by atoms with Crippen molar-refractivity contribution in [1.82, 2.24) is 35.1 Å². The van der Waals surface area contributed by atoms with Gasteiger partial charge in [0, 0.05) is 30.2 Å². The largest absolute Gasteiger partial charge is 0.331 e. The summed E-state index contributed by atoms with van der Waals surface area (Å²) in [7, 11) is 0. The van der Waals surface area contributed by atoms with Gasteiger partial charge in [-0.3, -0.25) is 0 Å². The van der Waals surface area contributed by atoms with Crippen LogP contribution in [0.1, 0.15) is 37.9 Å². The van der Waals surface area contributed by atoms with E-state index in [9.17, 15) is 0 Å². The van der Waals surface area contributed by atoms with Gasteiger partial charge in [0.1, 0.15) is 0 Å². The monoisotopic (exact) mass is 307 g/mol. The minimum Gasteiger partial charge on any atom is -0.331 e. The summed E-state index contributed by atoms with van der Waals surface area (Å²) in [5.74, 6) is 0.860. The molecule has 0 radical (unpaired) electrons. The molecule has 0 amide bonds.